The summed E-state index contributed by atoms with van der Waals surface area (Å²) in [6.07, 6.45) is 2.10. The lowest BCUT2D eigenvalue weighted by Crippen LogP contribution is -2.22. The van der Waals surface area contributed by atoms with Gasteiger partial charge in [-0.1, -0.05) is 30.3 Å². The summed E-state index contributed by atoms with van der Waals surface area (Å²) in [6.45, 7) is 0. The van der Waals surface area contributed by atoms with Crippen molar-refractivity contribution in [1.82, 2.24) is 0 Å². The Hall–Kier alpha value is -2.82. The topological polar surface area (TPSA) is 75.6 Å². The third-order valence-corrected chi connectivity index (χ3v) is 4.23. The SMILES string of the molecule is COc1cc(NC(=O)C(c2ccccc2)C2CC2)ccc1C(=O)O. The lowest BCUT2D eigenvalue weighted by atomic mass is 9.93. The predicted molar refractivity (Wildman–Crippen MR) is 90.5 cm³/mol. The van der Waals surface area contributed by atoms with E-state index in [0.717, 1.165) is 18.4 Å². The molecule has 0 radical (unpaired) electrons. The molecule has 2 N–H and O–H groups in total. The van der Waals surface area contributed by atoms with Crippen LogP contribution in [0.3, 0.4) is 0 Å². The van der Waals surface area contributed by atoms with Crippen LogP contribution in [-0.4, -0.2) is 24.1 Å². The van der Waals surface area contributed by atoms with Crippen molar-refractivity contribution in [2.75, 3.05) is 12.4 Å². The molecule has 1 fully saturated rings. The Kier molecular flexibility index (Phi) is 4.51. The van der Waals surface area contributed by atoms with E-state index in [0.29, 0.717) is 11.6 Å². The summed E-state index contributed by atoms with van der Waals surface area (Å²) in [7, 11) is 1.41. The molecule has 1 unspecified atom stereocenters. The molecule has 0 aliphatic heterocycles. The number of methoxy groups -OCH3 is 1. The molecule has 24 heavy (non-hydrogen) atoms. The number of hydrogen-bond donors (Lipinski definition) is 2. The van der Waals surface area contributed by atoms with Crippen molar-refractivity contribution >= 4 is 17.6 Å². The smallest absolute Gasteiger partial charge is 0.339 e. The van der Waals surface area contributed by atoms with E-state index in [2.05, 4.69) is 5.32 Å². The molecule has 0 heterocycles. The Morgan fingerprint density at radius 1 is 1.17 bits per heavy atom. The zero-order chi connectivity index (χ0) is 17.1. The Bertz CT molecular complexity index is 753. The van der Waals surface area contributed by atoms with Crippen LogP contribution in [0.15, 0.2) is 48.5 Å². The van der Waals surface area contributed by atoms with Crippen molar-refractivity contribution in [3.63, 3.8) is 0 Å². The fourth-order valence-electron chi connectivity index (χ4n) is 2.89. The van der Waals surface area contributed by atoms with Gasteiger partial charge in [0.15, 0.2) is 0 Å². The molecule has 0 saturated heterocycles. The van der Waals surface area contributed by atoms with Gasteiger partial charge in [0, 0.05) is 11.8 Å². The van der Waals surface area contributed by atoms with E-state index in [-0.39, 0.29) is 23.1 Å². The summed E-state index contributed by atoms with van der Waals surface area (Å²) in [5, 5.41) is 12.0. The Labute approximate surface area is 140 Å². The van der Waals surface area contributed by atoms with Crippen LogP contribution in [0.25, 0.3) is 0 Å². The van der Waals surface area contributed by atoms with Gasteiger partial charge in [0.1, 0.15) is 11.3 Å². The highest BCUT2D eigenvalue weighted by Crippen LogP contribution is 2.43. The van der Waals surface area contributed by atoms with E-state index >= 15 is 0 Å². The van der Waals surface area contributed by atoms with Crippen LogP contribution in [0, 0.1) is 5.92 Å². The first-order valence-corrected chi connectivity index (χ1v) is 7.87. The first-order valence-electron chi connectivity index (χ1n) is 7.87. The number of ether oxygens (including phenoxy) is 1. The molecular weight excluding hydrogens is 306 g/mol. The van der Waals surface area contributed by atoms with Crippen LogP contribution in [0.4, 0.5) is 5.69 Å². The van der Waals surface area contributed by atoms with Crippen molar-refractivity contribution in [3.8, 4) is 5.75 Å². The van der Waals surface area contributed by atoms with Crippen molar-refractivity contribution in [2.45, 2.75) is 18.8 Å². The maximum atomic E-state index is 12.7. The molecule has 0 aromatic heterocycles. The normalized spacial score (nSPS) is 14.7. The molecule has 1 aliphatic carbocycles. The summed E-state index contributed by atoms with van der Waals surface area (Å²) in [5.41, 5.74) is 1.60. The minimum absolute atomic E-state index is 0.0669. The van der Waals surface area contributed by atoms with E-state index in [1.165, 1.54) is 19.2 Å². The minimum Gasteiger partial charge on any atom is -0.496 e. The molecule has 0 spiro atoms. The van der Waals surface area contributed by atoms with Gasteiger partial charge in [0.2, 0.25) is 5.91 Å². The number of anilines is 1. The van der Waals surface area contributed by atoms with Gasteiger partial charge in [-0.05, 0) is 36.5 Å². The van der Waals surface area contributed by atoms with Crippen LogP contribution in [0.1, 0.15) is 34.7 Å². The maximum Gasteiger partial charge on any atom is 0.339 e. The van der Waals surface area contributed by atoms with Crippen molar-refractivity contribution in [3.05, 3.63) is 59.7 Å². The van der Waals surface area contributed by atoms with Gasteiger partial charge in [0.25, 0.3) is 0 Å². The zero-order valence-corrected chi connectivity index (χ0v) is 13.4. The fourth-order valence-corrected chi connectivity index (χ4v) is 2.89. The molecule has 3 rings (SSSR count). The summed E-state index contributed by atoms with van der Waals surface area (Å²) >= 11 is 0. The molecule has 1 atom stereocenters. The summed E-state index contributed by atoms with van der Waals surface area (Å²) < 4.78 is 5.10. The van der Waals surface area contributed by atoms with E-state index in [4.69, 9.17) is 9.84 Å². The van der Waals surface area contributed by atoms with E-state index in [1.807, 2.05) is 30.3 Å². The predicted octanol–water partition coefficient (Wildman–Crippen LogP) is 3.53. The minimum atomic E-state index is -1.06. The Morgan fingerprint density at radius 2 is 1.88 bits per heavy atom. The summed E-state index contributed by atoms with van der Waals surface area (Å²) in [6, 6.07) is 14.3. The third-order valence-electron chi connectivity index (χ3n) is 4.23. The number of carbonyl (C=O) groups excluding carboxylic acids is 1. The van der Waals surface area contributed by atoms with Crippen LogP contribution < -0.4 is 10.1 Å². The highest BCUT2D eigenvalue weighted by Gasteiger charge is 2.37. The van der Waals surface area contributed by atoms with Gasteiger partial charge in [0.05, 0.1) is 13.0 Å². The average molecular weight is 325 g/mol. The molecule has 2 aromatic rings. The second-order valence-corrected chi connectivity index (χ2v) is 5.94. The number of carbonyl (C=O) groups is 2. The van der Waals surface area contributed by atoms with Crippen LogP contribution in [0.5, 0.6) is 5.75 Å². The van der Waals surface area contributed by atoms with Crippen LogP contribution in [-0.2, 0) is 4.79 Å². The molecule has 1 saturated carbocycles. The van der Waals surface area contributed by atoms with Crippen molar-refractivity contribution in [1.29, 1.82) is 0 Å². The molecule has 2 aromatic carbocycles. The first kappa shape index (κ1) is 16.1. The molecule has 124 valence electrons. The van der Waals surface area contributed by atoms with Crippen LogP contribution in [0.2, 0.25) is 0 Å². The zero-order valence-electron chi connectivity index (χ0n) is 13.4. The molecule has 5 heteroatoms. The van der Waals surface area contributed by atoms with Gasteiger partial charge < -0.3 is 15.2 Å². The van der Waals surface area contributed by atoms with Gasteiger partial charge >= 0.3 is 5.97 Å². The number of benzene rings is 2. The average Bonchev–Trinajstić information content (AvgIpc) is 3.40. The number of hydrogen-bond acceptors (Lipinski definition) is 3. The van der Waals surface area contributed by atoms with Gasteiger partial charge in [-0.25, -0.2) is 4.79 Å². The fraction of sp³-hybridized carbons (Fsp3) is 0.263. The van der Waals surface area contributed by atoms with E-state index < -0.39 is 5.97 Å². The third kappa shape index (κ3) is 3.40. The van der Waals surface area contributed by atoms with Gasteiger partial charge in [-0.15, -0.1) is 0 Å². The molecule has 1 aliphatic rings. The number of rotatable bonds is 6. The number of carboxylic acids is 1. The largest absolute Gasteiger partial charge is 0.496 e. The van der Waals surface area contributed by atoms with Crippen molar-refractivity contribution in [2.24, 2.45) is 5.92 Å². The lowest BCUT2D eigenvalue weighted by Gasteiger charge is -2.17. The quantitative estimate of drug-likeness (QED) is 0.852. The summed E-state index contributed by atoms with van der Waals surface area (Å²) in [4.78, 5) is 23.9. The number of carboxylic acid groups (broad SMARTS) is 1. The monoisotopic (exact) mass is 325 g/mol. The van der Waals surface area contributed by atoms with Crippen molar-refractivity contribution < 1.29 is 19.4 Å². The molecule has 1 amide bonds. The first-order chi connectivity index (χ1) is 11.6. The number of aromatic carboxylic acids is 1. The standard InChI is InChI=1S/C19H19NO4/c1-24-16-11-14(9-10-15(16)19(22)23)20-18(21)17(13-7-8-13)12-5-3-2-4-6-12/h2-6,9-11,13,17H,7-8H2,1H3,(H,20,21)(H,22,23). The second kappa shape index (κ2) is 6.74. The van der Waals surface area contributed by atoms with E-state index in [1.54, 1.807) is 6.07 Å². The Balaban J connectivity index is 1.82. The Morgan fingerprint density at radius 3 is 2.46 bits per heavy atom. The molecular formula is C19H19NO4. The highest BCUT2D eigenvalue weighted by atomic mass is 16.5. The maximum absolute atomic E-state index is 12.7. The molecule has 0 bridgehead atoms. The lowest BCUT2D eigenvalue weighted by molar-refractivity contribution is -0.118. The van der Waals surface area contributed by atoms with Crippen LogP contribution >= 0.6 is 0 Å². The molecule has 5 nitrogen and oxygen atoms in total. The van der Waals surface area contributed by atoms with Gasteiger partial charge in [-0.2, -0.15) is 0 Å². The highest BCUT2D eigenvalue weighted by molar-refractivity contribution is 5.98. The van der Waals surface area contributed by atoms with E-state index in [9.17, 15) is 9.59 Å². The second-order valence-electron chi connectivity index (χ2n) is 5.94. The van der Waals surface area contributed by atoms with Gasteiger partial charge in [-0.3, -0.25) is 4.79 Å². The number of amides is 1. The number of nitrogens with one attached hydrogen (secondary N) is 1. The summed E-state index contributed by atoms with van der Waals surface area (Å²) in [5.74, 6) is -0.731.